The average Bonchev–Trinajstić information content (AvgIpc) is 3.07. The number of hydrogen-bond acceptors (Lipinski definition) is 5. The van der Waals surface area contributed by atoms with Crippen molar-refractivity contribution in [2.24, 2.45) is 0 Å². The summed E-state index contributed by atoms with van der Waals surface area (Å²) >= 11 is 0. The van der Waals surface area contributed by atoms with E-state index in [1.54, 1.807) is 0 Å². The first-order valence-electron chi connectivity index (χ1n) is 9.10. The molecule has 0 aliphatic carbocycles. The molecule has 138 valence electrons. The lowest BCUT2D eigenvalue weighted by Crippen LogP contribution is -2.27. The summed E-state index contributed by atoms with van der Waals surface area (Å²) in [4.78, 5) is 23.4. The van der Waals surface area contributed by atoms with E-state index in [9.17, 15) is 4.79 Å². The number of hydrogen-bond donors (Lipinski definition) is 1. The summed E-state index contributed by atoms with van der Waals surface area (Å²) in [5, 5.41) is 2.97. The predicted octanol–water partition coefficient (Wildman–Crippen LogP) is 2.64. The summed E-state index contributed by atoms with van der Waals surface area (Å²) < 4.78 is 5.57. The SMILES string of the molecule is Cc1ncc(CNC(=O)CCOc2ccccc2)c([C@H]2CCCN2C)n1. The quantitative estimate of drug-likeness (QED) is 0.828. The van der Waals surface area contributed by atoms with Crippen LogP contribution in [0.25, 0.3) is 0 Å². The number of likely N-dealkylation sites (tertiary alicyclic amines) is 1. The molecule has 0 radical (unpaired) electrons. The molecule has 2 heterocycles. The lowest BCUT2D eigenvalue weighted by Gasteiger charge is -2.21. The maximum atomic E-state index is 12.1. The minimum atomic E-state index is -0.0350. The second kappa shape index (κ2) is 8.76. The van der Waals surface area contributed by atoms with Crippen molar-refractivity contribution in [1.82, 2.24) is 20.2 Å². The molecule has 3 rings (SSSR count). The number of para-hydroxylation sites is 1. The summed E-state index contributed by atoms with van der Waals surface area (Å²) in [6, 6.07) is 9.83. The highest BCUT2D eigenvalue weighted by molar-refractivity contribution is 5.76. The lowest BCUT2D eigenvalue weighted by atomic mass is 10.1. The molecule has 0 spiro atoms. The number of nitrogens with zero attached hydrogens (tertiary/aromatic N) is 3. The Hall–Kier alpha value is -2.47. The molecule has 6 nitrogen and oxygen atoms in total. The molecule has 1 aliphatic rings. The van der Waals surface area contributed by atoms with Gasteiger partial charge in [-0.3, -0.25) is 9.69 Å². The van der Waals surface area contributed by atoms with E-state index in [1.165, 1.54) is 6.42 Å². The molecule has 0 saturated carbocycles. The molecule has 1 amide bonds. The van der Waals surface area contributed by atoms with Crippen molar-refractivity contribution in [3.63, 3.8) is 0 Å². The zero-order valence-corrected chi connectivity index (χ0v) is 15.4. The Bertz CT molecular complexity index is 736. The number of amides is 1. The summed E-state index contributed by atoms with van der Waals surface area (Å²) in [5.41, 5.74) is 2.03. The second-order valence-corrected chi connectivity index (χ2v) is 6.65. The van der Waals surface area contributed by atoms with Gasteiger partial charge in [0.15, 0.2) is 0 Å². The Morgan fingerprint density at radius 2 is 2.15 bits per heavy atom. The van der Waals surface area contributed by atoms with Gasteiger partial charge in [0, 0.05) is 18.3 Å². The maximum absolute atomic E-state index is 12.1. The highest BCUT2D eigenvalue weighted by atomic mass is 16.5. The van der Waals surface area contributed by atoms with Crippen LogP contribution in [-0.4, -0.2) is 41.0 Å². The van der Waals surface area contributed by atoms with Crippen LogP contribution in [0.1, 0.15) is 42.4 Å². The Morgan fingerprint density at radius 3 is 2.88 bits per heavy atom. The topological polar surface area (TPSA) is 67.3 Å². The Labute approximate surface area is 154 Å². The predicted molar refractivity (Wildman–Crippen MR) is 99.8 cm³/mol. The van der Waals surface area contributed by atoms with Gasteiger partial charge in [-0.15, -0.1) is 0 Å². The van der Waals surface area contributed by atoms with Crippen molar-refractivity contribution in [1.29, 1.82) is 0 Å². The number of rotatable bonds is 7. The van der Waals surface area contributed by atoms with Gasteiger partial charge >= 0.3 is 0 Å². The van der Waals surface area contributed by atoms with E-state index >= 15 is 0 Å². The van der Waals surface area contributed by atoms with Gasteiger partial charge in [-0.1, -0.05) is 18.2 Å². The third-order valence-corrected chi connectivity index (χ3v) is 4.67. The van der Waals surface area contributed by atoms with Gasteiger partial charge in [0.1, 0.15) is 11.6 Å². The molecule has 1 aliphatic heterocycles. The number of carbonyl (C=O) groups is 1. The van der Waals surface area contributed by atoms with Crippen molar-refractivity contribution in [2.45, 2.75) is 38.8 Å². The Balaban J connectivity index is 1.53. The molecule has 1 saturated heterocycles. The fraction of sp³-hybridized carbons (Fsp3) is 0.450. The van der Waals surface area contributed by atoms with Gasteiger partial charge in [0.25, 0.3) is 0 Å². The van der Waals surface area contributed by atoms with Crippen LogP contribution in [-0.2, 0) is 11.3 Å². The lowest BCUT2D eigenvalue weighted by molar-refractivity contribution is -0.121. The minimum Gasteiger partial charge on any atom is -0.493 e. The molecule has 1 fully saturated rings. The molecule has 1 atom stereocenters. The monoisotopic (exact) mass is 354 g/mol. The summed E-state index contributed by atoms with van der Waals surface area (Å²) in [7, 11) is 2.12. The van der Waals surface area contributed by atoms with Crippen LogP contribution in [0.15, 0.2) is 36.5 Å². The van der Waals surface area contributed by atoms with E-state index in [0.29, 0.717) is 25.6 Å². The smallest absolute Gasteiger partial charge is 0.223 e. The van der Waals surface area contributed by atoms with E-state index in [-0.39, 0.29) is 5.91 Å². The zero-order chi connectivity index (χ0) is 18.4. The number of ether oxygens (including phenoxy) is 1. The summed E-state index contributed by atoms with van der Waals surface area (Å²) in [6.07, 6.45) is 4.43. The summed E-state index contributed by atoms with van der Waals surface area (Å²) in [6.45, 7) is 3.79. The first-order chi connectivity index (χ1) is 12.6. The first kappa shape index (κ1) is 18.3. The van der Waals surface area contributed by atoms with Crippen molar-refractivity contribution in [3.8, 4) is 5.75 Å². The van der Waals surface area contributed by atoms with Crippen LogP contribution in [0.3, 0.4) is 0 Å². The fourth-order valence-corrected chi connectivity index (χ4v) is 3.25. The van der Waals surface area contributed by atoms with Crippen molar-refractivity contribution in [3.05, 3.63) is 53.6 Å². The molecule has 0 bridgehead atoms. The number of nitrogens with one attached hydrogen (secondary N) is 1. The highest BCUT2D eigenvalue weighted by Gasteiger charge is 2.26. The van der Waals surface area contributed by atoms with E-state index in [1.807, 2.05) is 43.5 Å². The molecule has 1 aromatic carbocycles. The van der Waals surface area contributed by atoms with E-state index in [2.05, 4.69) is 27.2 Å². The van der Waals surface area contributed by atoms with Crippen LogP contribution in [0.2, 0.25) is 0 Å². The standard InChI is InChI=1S/C20H26N4O2/c1-15-21-13-16(20(23-15)18-9-6-11-24(18)2)14-22-19(25)10-12-26-17-7-4-3-5-8-17/h3-5,7-8,13,18H,6,9-12,14H2,1-2H3,(H,22,25)/t18-/m1/s1. The fourth-order valence-electron chi connectivity index (χ4n) is 3.25. The van der Waals surface area contributed by atoms with Crippen LogP contribution in [0.4, 0.5) is 0 Å². The Kier molecular flexibility index (Phi) is 6.17. The zero-order valence-electron chi connectivity index (χ0n) is 15.4. The van der Waals surface area contributed by atoms with E-state index in [0.717, 1.165) is 35.8 Å². The van der Waals surface area contributed by atoms with Gasteiger partial charge < -0.3 is 10.1 Å². The molecule has 1 N–H and O–H groups in total. The third kappa shape index (κ3) is 4.79. The van der Waals surface area contributed by atoms with Crippen LogP contribution < -0.4 is 10.1 Å². The maximum Gasteiger partial charge on any atom is 0.223 e. The average molecular weight is 354 g/mol. The van der Waals surface area contributed by atoms with Gasteiger partial charge in [0.05, 0.1) is 24.8 Å². The summed E-state index contributed by atoms with van der Waals surface area (Å²) in [5.74, 6) is 1.51. The van der Waals surface area contributed by atoms with Crippen molar-refractivity contribution in [2.75, 3.05) is 20.2 Å². The molecular weight excluding hydrogens is 328 g/mol. The third-order valence-electron chi connectivity index (χ3n) is 4.67. The normalized spacial score (nSPS) is 17.2. The van der Waals surface area contributed by atoms with E-state index in [4.69, 9.17) is 4.74 Å². The molecule has 6 heteroatoms. The highest BCUT2D eigenvalue weighted by Crippen LogP contribution is 2.30. The number of aromatic nitrogens is 2. The second-order valence-electron chi connectivity index (χ2n) is 6.65. The number of aryl methyl sites for hydroxylation is 1. The van der Waals surface area contributed by atoms with Gasteiger partial charge in [-0.2, -0.15) is 0 Å². The molecule has 0 unspecified atom stereocenters. The van der Waals surface area contributed by atoms with Gasteiger partial charge in [0.2, 0.25) is 5.91 Å². The number of benzene rings is 1. The minimum absolute atomic E-state index is 0.0350. The molecule has 2 aromatic rings. The van der Waals surface area contributed by atoms with Gasteiger partial charge in [-0.05, 0) is 45.5 Å². The van der Waals surface area contributed by atoms with Crippen LogP contribution >= 0.6 is 0 Å². The van der Waals surface area contributed by atoms with Crippen molar-refractivity contribution >= 4 is 5.91 Å². The van der Waals surface area contributed by atoms with Crippen LogP contribution in [0, 0.1) is 6.92 Å². The van der Waals surface area contributed by atoms with Crippen LogP contribution in [0.5, 0.6) is 5.75 Å². The molecule has 1 aromatic heterocycles. The van der Waals surface area contributed by atoms with Crippen molar-refractivity contribution < 1.29 is 9.53 Å². The molecule has 26 heavy (non-hydrogen) atoms. The first-order valence-corrected chi connectivity index (χ1v) is 9.10. The number of carbonyl (C=O) groups excluding carboxylic acids is 1. The Morgan fingerprint density at radius 1 is 1.35 bits per heavy atom. The largest absolute Gasteiger partial charge is 0.493 e. The van der Waals surface area contributed by atoms with E-state index < -0.39 is 0 Å². The molecular formula is C20H26N4O2. The van der Waals surface area contributed by atoms with Gasteiger partial charge in [-0.25, -0.2) is 9.97 Å².